The van der Waals surface area contributed by atoms with E-state index in [0.717, 1.165) is 15.5 Å². The van der Waals surface area contributed by atoms with Crippen LogP contribution in [0.4, 0.5) is 0 Å². The van der Waals surface area contributed by atoms with Crippen LogP contribution < -0.4 is 10.9 Å². The van der Waals surface area contributed by atoms with E-state index in [4.69, 9.17) is 0 Å². The van der Waals surface area contributed by atoms with Crippen molar-refractivity contribution in [3.63, 3.8) is 0 Å². The molecule has 0 aliphatic carbocycles. The van der Waals surface area contributed by atoms with Gasteiger partial charge in [-0.15, -0.1) is 0 Å². The van der Waals surface area contributed by atoms with Crippen molar-refractivity contribution in [3.8, 4) is 0 Å². The number of nitrogens with zero attached hydrogens (tertiary/aromatic N) is 2. The van der Waals surface area contributed by atoms with E-state index in [1.165, 1.54) is 5.56 Å². The van der Waals surface area contributed by atoms with Crippen LogP contribution in [-0.2, 0) is 11.3 Å². The highest BCUT2D eigenvalue weighted by Crippen LogP contribution is 2.21. The highest BCUT2D eigenvalue weighted by Gasteiger charge is 2.12. The van der Waals surface area contributed by atoms with Gasteiger partial charge < -0.3 is 14.3 Å². The van der Waals surface area contributed by atoms with Crippen molar-refractivity contribution in [2.24, 2.45) is 0 Å². The number of benzene rings is 2. The van der Waals surface area contributed by atoms with Gasteiger partial charge in [0.2, 0.25) is 5.91 Å². The number of halogens is 1. The second kappa shape index (κ2) is 8.88. The normalized spacial score (nSPS) is 12.3. The van der Waals surface area contributed by atoms with Crippen LogP contribution in [0.5, 0.6) is 0 Å². The first kappa shape index (κ1) is 20.4. The fourth-order valence-electron chi connectivity index (χ4n) is 3.80. The fourth-order valence-corrected chi connectivity index (χ4v) is 4.15. The summed E-state index contributed by atoms with van der Waals surface area (Å²) in [4.78, 5) is 25.3. The molecule has 5 nitrogen and oxygen atoms in total. The van der Waals surface area contributed by atoms with Gasteiger partial charge >= 0.3 is 0 Å². The van der Waals surface area contributed by atoms with Crippen molar-refractivity contribution < 1.29 is 4.79 Å². The zero-order valence-corrected chi connectivity index (χ0v) is 18.4. The first-order chi connectivity index (χ1) is 14.5. The van der Waals surface area contributed by atoms with E-state index in [0.29, 0.717) is 31.4 Å². The maximum Gasteiger partial charge on any atom is 0.275 e. The van der Waals surface area contributed by atoms with Crippen LogP contribution in [0.25, 0.3) is 16.6 Å². The van der Waals surface area contributed by atoms with E-state index >= 15 is 0 Å². The number of aromatic nitrogens is 2. The number of rotatable bonds is 7. The van der Waals surface area contributed by atoms with Gasteiger partial charge in [0.25, 0.3) is 5.56 Å². The molecule has 0 saturated carbocycles. The molecule has 1 N–H and O–H groups in total. The van der Waals surface area contributed by atoms with Crippen LogP contribution in [0.3, 0.4) is 0 Å². The Balaban J connectivity index is 1.43. The summed E-state index contributed by atoms with van der Waals surface area (Å²) in [6.07, 6.45) is 2.89. The quantitative estimate of drug-likeness (QED) is 0.429. The Morgan fingerprint density at radius 1 is 1.03 bits per heavy atom. The van der Waals surface area contributed by atoms with Crippen LogP contribution in [0.1, 0.15) is 31.2 Å². The lowest BCUT2D eigenvalue weighted by atomic mass is 10.0. The van der Waals surface area contributed by atoms with Gasteiger partial charge in [-0.1, -0.05) is 53.2 Å². The lowest BCUT2D eigenvalue weighted by Gasteiger charge is -2.14. The number of nitrogens with one attached hydrogen (secondary N) is 1. The molecule has 30 heavy (non-hydrogen) atoms. The summed E-state index contributed by atoms with van der Waals surface area (Å²) in [5.74, 6) is 0.274. The molecule has 1 unspecified atom stereocenters. The third-order valence-corrected chi connectivity index (χ3v) is 5.95. The van der Waals surface area contributed by atoms with Crippen LogP contribution in [0, 0.1) is 0 Å². The van der Waals surface area contributed by atoms with E-state index in [1.807, 2.05) is 59.1 Å². The van der Waals surface area contributed by atoms with Crippen LogP contribution in [0.2, 0.25) is 0 Å². The molecule has 4 aromatic rings. The first-order valence-electron chi connectivity index (χ1n) is 10.2. The molecule has 4 rings (SSSR count). The smallest absolute Gasteiger partial charge is 0.275 e. The second-order valence-corrected chi connectivity index (χ2v) is 8.49. The van der Waals surface area contributed by atoms with Crippen LogP contribution in [0.15, 0.2) is 76.1 Å². The van der Waals surface area contributed by atoms with E-state index in [2.05, 4.69) is 40.3 Å². The molecule has 6 heteroatoms. The summed E-state index contributed by atoms with van der Waals surface area (Å²) in [6, 6.07) is 19.8. The number of hydrogen-bond donors (Lipinski definition) is 1. The minimum Gasteiger partial charge on any atom is -0.356 e. The Kier molecular flexibility index (Phi) is 6.04. The van der Waals surface area contributed by atoms with Gasteiger partial charge in [-0.3, -0.25) is 9.59 Å². The molecule has 2 aromatic carbocycles. The molecule has 0 aliphatic heterocycles. The predicted octanol–water partition coefficient (Wildman–Crippen LogP) is 4.72. The summed E-state index contributed by atoms with van der Waals surface area (Å²) in [6.45, 7) is 3.20. The number of fused-ring (bicyclic) bond motifs is 3. The van der Waals surface area contributed by atoms with E-state index in [-0.39, 0.29) is 17.4 Å². The molecule has 1 atom stereocenters. The molecule has 0 radical (unpaired) electrons. The average Bonchev–Trinajstić information content (AvgIpc) is 3.25. The molecule has 1 amide bonds. The number of amides is 1. The predicted molar refractivity (Wildman–Crippen MR) is 124 cm³/mol. The summed E-state index contributed by atoms with van der Waals surface area (Å²) in [7, 11) is 0. The van der Waals surface area contributed by atoms with Crippen molar-refractivity contribution in [2.45, 2.75) is 32.2 Å². The van der Waals surface area contributed by atoms with Gasteiger partial charge in [0.1, 0.15) is 5.52 Å². The summed E-state index contributed by atoms with van der Waals surface area (Å²) >= 11 is 3.50. The molecule has 0 bridgehead atoms. The maximum absolute atomic E-state index is 13.0. The summed E-state index contributed by atoms with van der Waals surface area (Å²) < 4.78 is 4.61. The molecule has 2 aromatic heterocycles. The Hall–Kier alpha value is -2.86. The topological polar surface area (TPSA) is 55.5 Å². The summed E-state index contributed by atoms with van der Waals surface area (Å²) in [5.41, 5.74) is 3.65. The Morgan fingerprint density at radius 2 is 1.83 bits per heavy atom. The Morgan fingerprint density at radius 3 is 2.63 bits per heavy atom. The van der Waals surface area contributed by atoms with Crippen molar-refractivity contribution in [1.29, 1.82) is 0 Å². The molecule has 2 heterocycles. The largest absolute Gasteiger partial charge is 0.356 e. The van der Waals surface area contributed by atoms with Gasteiger partial charge in [-0.2, -0.15) is 0 Å². The average molecular weight is 466 g/mol. The number of hydrogen-bond acceptors (Lipinski definition) is 2. The van der Waals surface area contributed by atoms with Crippen molar-refractivity contribution >= 4 is 38.4 Å². The van der Waals surface area contributed by atoms with Gasteiger partial charge in [-0.05, 0) is 48.2 Å². The molecular weight excluding hydrogens is 442 g/mol. The maximum atomic E-state index is 13.0. The third-order valence-electron chi connectivity index (χ3n) is 5.46. The standard InChI is InChI=1S/C24H24BrN3O2/c1-17(18-7-3-2-4-8-18)16-26-23(29)10-6-14-28-22-15-19(25)11-12-20(22)27-13-5-9-21(27)24(28)30/h2-5,7-9,11-13,15,17H,6,10,14,16H2,1H3,(H,26,29). The minimum atomic E-state index is -0.0382. The molecule has 0 saturated heterocycles. The minimum absolute atomic E-state index is 0.0140. The number of carbonyl (C=O) groups excluding carboxylic acids is 1. The SMILES string of the molecule is CC(CNC(=O)CCCn1c(=O)c2cccn2c2ccc(Br)cc21)c1ccccc1. The lowest BCUT2D eigenvalue weighted by molar-refractivity contribution is -0.121. The highest BCUT2D eigenvalue weighted by molar-refractivity contribution is 9.10. The van der Waals surface area contributed by atoms with Gasteiger partial charge in [-0.25, -0.2) is 0 Å². The monoisotopic (exact) mass is 465 g/mol. The first-order valence-corrected chi connectivity index (χ1v) is 10.9. The number of aryl methyl sites for hydroxylation is 1. The van der Waals surface area contributed by atoms with E-state index in [1.54, 1.807) is 4.57 Å². The Bertz CT molecular complexity index is 1240. The Labute approximate surface area is 183 Å². The lowest BCUT2D eigenvalue weighted by Crippen LogP contribution is -2.28. The zero-order valence-electron chi connectivity index (χ0n) is 16.8. The zero-order chi connectivity index (χ0) is 21.1. The highest BCUT2D eigenvalue weighted by atomic mass is 79.9. The molecule has 0 aliphatic rings. The molecule has 0 fully saturated rings. The summed E-state index contributed by atoms with van der Waals surface area (Å²) in [5, 5.41) is 3.02. The van der Waals surface area contributed by atoms with Gasteiger partial charge in [0, 0.05) is 30.2 Å². The second-order valence-electron chi connectivity index (χ2n) is 7.57. The fraction of sp³-hybridized carbons (Fsp3) is 0.250. The van der Waals surface area contributed by atoms with E-state index < -0.39 is 0 Å². The molecule has 0 spiro atoms. The van der Waals surface area contributed by atoms with Crippen LogP contribution in [-0.4, -0.2) is 21.4 Å². The van der Waals surface area contributed by atoms with E-state index in [9.17, 15) is 9.59 Å². The third kappa shape index (κ3) is 4.19. The van der Waals surface area contributed by atoms with Gasteiger partial charge in [0.15, 0.2) is 0 Å². The van der Waals surface area contributed by atoms with Crippen molar-refractivity contribution in [2.75, 3.05) is 6.54 Å². The van der Waals surface area contributed by atoms with Crippen LogP contribution >= 0.6 is 15.9 Å². The molecular formula is C24H24BrN3O2. The van der Waals surface area contributed by atoms with Crippen molar-refractivity contribution in [1.82, 2.24) is 14.3 Å². The number of carbonyl (C=O) groups is 1. The van der Waals surface area contributed by atoms with Crippen molar-refractivity contribution in [3.05, 3.63) is 87.3 Å². The van der Waals surface area contributed by atoms with Gasteiger partial charge in [0.05, 0.1) is 11.0 Å². The molecule has 154 valence electrons.